The van der Waals surface area contributed by atoms with Crippen LogP contribution in [-0.4, -0.2) is 51.6 Å². The molecule has 7 nitrogen and oxygen atoms in total. The molecule has 2 fully saturated rings. The summed E-state index contributed by atoms with van der Waals surface area (Å²) in [5.74, 6) is -1.33. The summed E-state index contributed by atoms with van der Waals surface area (Å²) in [5, 5.41) is 2.31. The summed E-state index contributed by atoms with van der Waals surface area (Å²) in [5.41, 5.74) is 3.91. The SMILES string of the molecule is O=C1CCC(N2Cc3c(cc(F)cc3C3CCN(Cc4cncs4)CC3)C2=O)C(=O)N1. The van der Waals surface area contributed by atoms with Crippen molar-refractivity contribution in [3.63, 3.8) is 0 Å². The molecule has 0 saturated carbocycles. The van der Waals surface area contributed by atoms with Crippen LogP contribution < -0.4 is 5.32 Å². The zero-order valence-corrected chi connectivity index (χ0v) is 17.8. The van der Waals surface area contributed by atoms with Crippen LogP contribution in [0.1, 0.15) is 58.0 Å². The molecule has 9 heteroatoms. The van der Waals surface area contributed by atoms with E-state index in [9.17, 15) is 18.8 Å². The molecule has 0 spiro atoms. The predicted octanol–water partition coefficient (Wildman–Crippen LogP) is 2.42. The van der Waals surface area contributed by atoms with Crippen LogP contribution >= 0.6 is 11.3 Å². The van der Waals surface area contributed by atoms with E-state index in [-0.39, 0.29) is 30.7 Å². The number of thiazole rings is 1. The lowest BCUT2D eigenvalue weighted by Gasteiger charge is -2.33. The number of hydrogen-bond donors (Lipinski definition) is 1. The molecule has 1 aromatic heterocycles. The van der Waals surface area contributed by atoms with E-state index in [0.717, 1.165) is 43.6 Å². The van der Waals surface area contributed by atoms with Crippen LogP contribution in [0.25, 0.3) is 0 Å². The average molecular weight is 443 g/mol. The summed E-state index contributed by atoms with van der Waals surface area (Å²) in [7, 11) is 0. The van der Waals surface area contributed by atoms with Gasteiger partial charge in [0, 0.05) is 36.1 Å². The highest BCUT2D eigenvalue weighted by Gasteiger charge is 2.41. The molecule has 2 aromatic rings. The quantitative estimate of drug-likeness (QED) is 0.736. The number of hydrogen-bond acceptors (Lipinski definition) is 6. The Kier molecular flexibility index (Phi) is 5.31. The van der Waals surface area contributed by atoms with Gasteiger partial charge in [0.2, 0.25) is 11.8 Å². The lowest BCUT2D eigenvalue weighted by atomic mass is 9.85. The minimum atomic E-state index is -0.685. The molecular formula is C22H23FN4O3S. The first kappa shape index (κ1) is 20.3. The van der Waals surface area contributed by atoms with Crippen LogP contribution in [0.3, 0.4) is 0 Å². The number of halogens is 1. The molecule has 162 valence electrons. The summed E-state index contributed by atoms with van der Waals surface area (Å²) in [6, 6.07) is 2.16. The van der Waals surface area contributed by atoms with E-state index in [1.165, 1.54) is 15.8 Å². The third-order valence-corrected chi connectivity index (χ3v) is 7.31. The van der Waals surface area contributed by atoms with Gasteiger partial charge in [0.05, 0.1) is 5.51 Å². The fourth-order valence-corrected chi connectivity index (χ4v) is 5.60. The van der Waals surface area contributed by atoms with Gasteiger partial charge in [-0.2, -0.15) is 0 Å². The van der Waals surface area contributed by atoms with Crippen LogP contribution in [0.15, 0.2) is 23.8 Å². The molecule has 0 radical (unpaired) electrons. The van der Waals surface area contributed by atoms with Crippen LogP contribution in [0.5, 0.6) is 0 Å². The molecule has 5 rings (SSSR count). The zero-order chi connectivity index (χ0) is 21.5. The lowest BCUT2D eigenvalue weighted by molar-refractivity contribution is -0.136. The molecule has 1 atom stereocenters. The van der Waals surface area contributed by atoms with Crippen molar-refractivity contribution in [1.29, 1.82) is 0 Å². The Morgan fingerprint density at radius 3 is 2.68 bits per heavy atom. The third-order valence-electron chi connectivity index (χ3n) is 6.55. The number of fused-ring (bicyclic) bond motifs is 1. The van der Waals surface area contributed by atoms with Gasteiger partial charge in [-0.25, -0.2) is 4.39 Å². The van der Waals surface area contributed by atoms with Gasteiger partial charge in [0.15, 0.2) is 0 Å². The van der Waals surface area contributed by atoms with E-state index in [4.69, 9.17) is 0 Å². The first-order valence-corrected chi connectivity index (χ1v) is 11.4. The maximum atomic E-state index is 14.5. The van der Waals surface area contributed by atoms with Crippen LogP contribution in [0, 0.1) is 5.82 Å². The normalized spacial score (nSPS) is 22.7. The molecule has 2 saturated heterocycles. The van der Waals surface area contributed by atoms with Crippen LogP contribution in [-0.2, 0) is 22.7 Å². The van der Waals surface area contributed by atoms with Gasteiger partial charge >= 0.3 is 0 Å². The standard InChI is InChI=1S/C22H23FN4O3S/c23-14-7-16(13-3-5-26(6-4-13)10-15-9-24-12-31-15)18-11-27(22(30)17(18)8-14)19-1-2-20(28)25-21(19)29/h7-9,12-13,19H,1-6,10-11H2,(H,25,28,29). The van der Waals surface area contributed by atoms with Gasteiger partial charge in [-0.05, 0) is 61.5 Å². The fourth-order valence-electron chi connectivity index (χ4n) is 4.96. The number of carbonyl (C=O) groups is 3. The molecule has 1 unspecified atom stereocenters. The average Bonchev–Trinajstić information content (AvgIpc) is 3.37. The van der Waals surface area contributed by atoms with Crippen molar-refractivity contribution in [1.82, 2.24) is 20.1 Å². The van der Waals surface area contributed by atoms with Crippen molar-refractivity contribution in [2.75, 3.05) is 13.1 Å². The van der Waals surface area contributed by atoms with E-state index >= 15 is 0 Å². The molecule has 3 amide bonds. The monoisotopic (exact) mass is 442 g/mol. The minimum absolute atomic E-state index is 0.177. The smallest absolute Gasteiger partial charge is 0.255 e. The highest BCUT2D eigenvalue weighted by molar-refractivity contribution is 7.09. The largest absolute Gasteiger partial charge is 0.322 e. The van der Waals surface area contributed by atoms with Crippen LogP contribution in [0.2, 0.25) is 0 Å². The van der Waals surface area contributed by atoms with Crippen molar-refractivity contribution < 1.29 is 18.8 Å². The number of nitrogens with one attached hydrogen (secondary N) is 1. The molecule has 3 aliphatic heterocycles. The molecular weight excluding hydrogens is 419 g/mol. The molecule has 1 aromatic carbocycles. The van der Waals surface area contributed by atoms with Crippen molar-refractivity contribution >= 4 is 29.1 Å². The second-order valence-corrected chi connectivity index (χ2v) is 9.41. The first-order chi connectivity index (χ1) is 15.0. The number of aromatic nitrogens is 1. The predicted molar refractivity (Wildman–Crippen MR) is 112 cm³/mol. The molecule has 3 aliphatic rings. The second kappa shape index (κ2) is 8.12. The maximum Gasteiger partial charge on any atom is 0.255 e. The summed E-state index contributed by atoms with van der Waals surface area (Å²) in [6.45, 7) is 2.97. The number of benzene rings is 1. The number of rotatable bonds is 4. The van der Waals surface area contributed by atoms with E-state index < -0.39 is 17.8 Å². The fraction of sp³-hybridized carbons (Fsp3) is 0.455. The maximum absolute atomic E-state index is 14.5. The van der Waals surface area contributed by atoms with Gasteiger partial charge in [-0.1, -0.05) is 0 Å². The molecule has 31 heavy (non-hydrogen) atoms. The van der Waals surface area contributed by atoms with Gasteiger partial charge < -0.3 is 4.90 Å². The van der Waals surface area contributed by atoms with E-state index in [2.05, 4.69) is 15.2 Å². The van der Waals surface area contributed by atoms with Crippen molar-refractivity contribution in [2.45, 2.75) is 50.7 Å². The molecule has 0 bridgehead atoms. The van der Waals surface area contributed by atoms with Crippen LogP contribution in [0.4, 0.5) is 4.39 Å². The van der Waals surface area contributed by atoms with Gasteiger partial charge in [-0.3, -0.25) is 29.6 Å². The number of nitrogens with zero attached hydrogens (tertiary/aromatic N) is 3. The number of carbonyl (C=O) groups excluding carboxylic acids is 3. The zero-order valence-electron chi connectivity index (χ0n) is 17.0. The number of piperidine rings is 2. The first-order valence-electron chi connectivity index (χ1n) is 10.6. The lowest BCUT2D eigenvalue weighted by Crippen LogP contribution is -2.52. The molecule has 1 N–H and O–H groups in total. The van der Waals surface area contributed by atoms with Crippen molar-refractivity contribution in [3.05, 3.63) is 51.2 Å². The summed E-state index contributed by atoms with van der Waals surface area (Å²) < 4.78 is 14.5. The van der Waals surface area contributed by atoms with E-state index in [0.29, 0.717) is 12.0 Å². The van der Waals surface area contributed by atoms with Gasteiger partial charge in [0.1, 0.15) is 11.9 Å². The Morgan fingerprint density at radius 1 is 1.16 bits per heavy atom. The van der Waals surface area contributed by atoms with Crippen molar-refractivity contribution in [3.8, 4) is 0 Å². The highest BCUT2D eigenvalue weighted by Crippen LogP contribution is 2.38. The highest BCUT2D eigenvalue weighted by atomic mass is 32.1. The second-order valence-electron chi connectivity index (χ2n) is 8.44. The molecule has 0 aliphatic carbocycles. The Morgan fingerprint density at radius 2 is 1.97 bits per heavy atom. The third kappa shape index (κ3) is 3.87. The van der Waals surface area contributed by atoms with Gasteiger partial charge in [0.25, 0.3) is 5.91 Å². The Balaban J connectivity index is 1.34. The van der Waals surface area contributed by atoms with E-state index in [1.54, 1.807) is 17.4 Å². The number of likely N-dealkylation sites (tertiary alicyclic amines) is 1. The Hall–Kier alpha value is -2.65. The summed E-state index contributed by atoms with van der Waals surface area (Å²) >= 11 is 1.65. The van der Waals surface area contributed by atoms with Crippen molar-refractivity contribution in [2.24, 2.45) is 0 Å². The minimum Gasteiger partial charge on any atom is -0.322 e. The summed E-state index contributed by atoms with van der Waals surface area (Å²) in [4.78, 5) is 46.0. The van der Waals surface area contributed by atoms with Gasteiger partial charge in [-0.15, -0.1) is 11.3 Å². The Labute approximate surface area is 183 Å². The number of imide groups is 1. The number of amides is 3. The summed E-state index contributed by atoms with van der Waals surface area (Å²) in [6.07, 6.45) is 4.18. The van der Waals surface area contributed by atoms with E-state index in [1.807, 2.05) is 11.7 Å². The molecule has 4 heterocycles. The topological polar surface area (TPSA) is 82.6 Å². The Bertz CT molecular complexity index is 1030.